The molecule has 4 aliphatic carbocycles. The van der Waals surface area contributed by atoms with E-state index in [2.05, 4.69) is 22.4 Å². The molecule has 0 spiro atoms. The summed E-state index contributed by atoms with van der Waals surface area (Å²) < 4.78 is 1.98. The van der Waals surface area contributed by atoms with Crippen LogP contribution in [0.2, 0.25) is 0 Å². The summed E-state index contributed by atoms with van der Waals surface area (Å²) in [5, 5.41) is 11.1. The quantitative estimate of drug-likeness (QED) is 0.921. The van der Waals surface area contributed by atoms with Crippen molar-refractivity contribution in [1.82, 2.24) is 20.1 Å². The predicted octanol–water partition coefficient (Wildman–Crippen LogP) is 1.99. The molecule has 1 heterocycles. The largest absolute Gasteiger partial charge is 0.349 e. The molecule has 0 atom stereocenters. The number of hydrogen-bond donors (Lipinski definition) is 1. The first-order valence-electron chi connectivity index (χ1n) is 8.39. The fourth-order valence-corrected chi connectivity index (χ4v) is 5.32. The minimum absolute atomic E-state index is 0.259. The third-order valence-corrected chi connectivity index (χ3v) is 5.99. The Morgan fingerprint density at radius 3 is 2.52 bits per heavy atom. The van der Waals surface area contributed by atoms with Crippen molar-refractivity contribution >= 4 is 5.91 Å². The molecule has 5 nitrogen and oxygen atoms in total. The summed E-state index contributed by atoms with van der Waals surface area (Å²) in [6, 6.07) is 0. The molecule has 4 bridgehead atoms. The summed E-state index contributed by atoms with van der Waals surface area (Å²) in [4.78, 5) is 12.7. The predicted molar refractivity (Wildman–Crippen MR) is 78.1 cm³/mol. The van der Waals surface area contributed by atoms with Gasteiger partial charge in [0.05, 0.1) is 6.54 Å². The van der Waals surface area contributed by atoms with E-state index >= 15 is 0 Å². The maximum absolute atomic E-state index is 12.7. The van der Waals surface area contributed by atoms with Gasteiger partial charge in [-0.3, -0.25) is 4.79 Å². The molecule has 1 aromatic rings. The van der Waals surface area contributed by atoms with Crippen LogP contribution < -0.4 is 5.32 Å². The molecule has 0 unspecified atom stereocenters. The van der Waals surface area contributed by atoms with Gasteiger partial charge >= 0.3 is 0 Å². The average molecular weight is 288 g/mol. The van der Waals surface area contributed by atoms with Crippen LogP contribution in [0.1, 0.15) is 44.9 Å². The zero-order valence-electron chi connectivity index (χ0n) is 12.7. The molecule has 0 aliphatic heterocycles. The van der Waals surface area contributed by atoms with Crippen molar-refractivity contribution in [2.24, 2.45) is 29.6 Å². The summed E-state index contributed by atoms with van der Waals surface area (Å²) in [6.45, 7) is 3.41. The van der Waals surface area contributed by atoms with Crippen molar-refractivity contribution in [1.29, 1.82) is 0 Å². The van der Waals surface area contributed by atoms with E-state index in [-0.39, 0.29) is 11.8 Å². The number of nitrogens with zero attached hydrogens (tertiary/aromatic N) is 3. The van der Waals surface area contributed by atoms with Gasteiger partial charge in [0.1, 0.15) is 6.33 Å². The highest BCUT2D eigenvalue weighted by Gasteiger charge is 2.50. The van der Waals surface area contributed by atoms with Gasteiger partial charge in [-0.1, -0.05) is 0 Å². The Hall–Kier alpha value is -1.39. The standard InChI is InChI=1S/C16H24N4O/c1-2-20-9-18-19-14(20)8-17-16(21)15-12-4-10-3-11(6-12)7-13(15)5-10/h9-13,15H,2-8H2,1H3,(H,17,21). The number of hydrogen-bond acceptors (Lipinski definition) is 3. The number of carbonyl (C=O) groups is 1. The van der Waals surface area contributed by atoms with Gasteiger partial charge in [-0.2, -0.15) is 0 Å². The molecular weight excluding hydrogens is 264 g/mol. The Kier molecular flexibility index (Phi) is 3.23. The van der Waals surface area contributed by atoms with Crippen molar-refractivity contribution in [3.8, 4) is 0 Å². The van der Waals surface area contributed by atoms with Crippen LogP contribution in [-0.2, 0) is 17.9 Å². The SMILES string of the molecule is CCn1cnnc1CNC(=O)C1C2CC3CC(C2)CC1C3. The number of rotatable bonds is 4. The van der Waals surface area contributed by atoms with Gasteiger partial charge in [-0.15, -0.1) is 10.2 Å². The molecule has 1 amide bonds. The monoisotopic (exact) mass is 288 g/mol. The Bertz CT molecular complexity index is 510. The molecule has 0 radical (unpaired) electrons. The molecular formula is C16H24N4O. The first kappa shape index (κ1) is 13.3. The fraction of sp³-hybridized carbons (Fsp3) is 0.812. The van der Waals surface area contributed by atoms with Gasteiger partial charge in [0, 0.05) is 12.5 Å². The average Bonchev–Trinajstić information content (AvgIpc) is 2.91. The maximum atomic E-state index is 12.7. The van der Waals surface area contributed by atoms with Gasteiger partial charge < -0.3 is 9.88 Å². The van der Waals surface area contributed by atoms with E-state index in [1.165, 1.54) is 32.1 Å². The molecule has 1 aromatic heterocycles. The summed E-state index contributed by atoms with van der Waals surface area (Å²) >= 11 is 0. The molecule has 4 saturated carbocycles. The van der Waals surface area contributed by atoms with E-state index in [1.54, 1.807) is 6.33 Å². The lowest BCUT2D eigenvalue weighted by Gasteiger charge is -2.53. The molecule has 0 saturated heterocycles. The summed E-state index contributed by atoms with van der Waals surface area (Å²) in [5.74, 6) is 4.50. The van der Waals surface area contributed by atoms with Crippen molar-refractivity contribution in [2.75, 3.05) is 0 Å². The van der Waals surface area contributed by atoms with Crippen LogP contribution in [0.3, 0.4) is 0 Å². The van der Waals surface area contributed by atoms with Crippen LogP contribution in [0.25, 0.3) is 0 Å². The molecule has 1 N–H and O–H groups in total. The van der Waals surface area contributed by atoms with Gasteiger partial charge in [-0.05, 0) is 62.7 Å². The van der Waals surface area contributed by atoms with Gasteiger partial charge in [0.2, 0.25) is 5.91 Å². The van der Waals surface area contributed by atoms with Crippen molar-refractivity contribution in [3.63, 3.8) is 0 Å². The van der Waals surface area contributed by atoms with E-state index in [1.807, 2.05) is 4.57 Å². The molecule has 21 heavy (non-hydrogen) atoms. The van der Waals surface area contributed by atoms with Gasteiger partial charge in [-0.25, -0.2) is 0 Å². The second kappa shape index (κ2) is 5.11. The first-order chi connectivity index (χ1) is 10.2. The highest BCUT2D eigenvalue weighted by molar-refractivity contribution is 5.79. The number of aryl methyl sites for hydroxylation is 1. The van der Waals surface area contributed by atoms with E-state index in [9.17, 15) is 4.79 Å². The van der Waals surface area contributed by atoms with Gasteiger partial charge in [0.25, 0.3) is 0 Å². The first-order valence-corrected chi connectivity index (χ1v) is 8.39. The molecule has 114 valence electrons. The lowest BCUT2D eigenvalue weighted by atomic mass is 9.51. The summed E-state index contributed by atoms with van der Waals surface area (Å²) in [7, 11) is 0. The van der Waals surface area contributed by atoms with Crippen molar-refractivity contribution in [2.45, 2.75) is 52.1 Å². The van der Waals surface area contributed by atoms with E-state index < -0.39 is 0 Å². The zero-order valence-corrected chi connectivity index (χ0v) is 12.7. The molecule has 4 aliphatic rings. The number of amides is 1. The second-order valence-corrected chi connectivity index (χ2v) is 7.21. The molecule has 5 rings (SSSR count). The topological polar surface area (TPSA) is 59.8 Å². The fourth-order valence-electron chi connectivity index (χ4n) is 5.32. The van der Waals surface area contributed by atoms with E-state index in [4.69, 9.17) is 0 Å². The molecule has 0 aromatic carbocycles. The highest BCUT2D eigenvalue weighted by atomic mass is 16.1. The molecule has 5 heteroatoms. The Labute approximate surface area is 125 Å². The third-order valence-electron chi connectivity index (χ3n) is 5.99. The van der Waals surface area contributed by atoms with Crippen LogP contribution in [0, 0.1) is 29.6 Å². The summed E-state index contributed by atoms with van der Waals surface area (Å²) in [5.41, 5.74) is 0. The smallest absolute Gasteiger partial charge is 0.224 e. The second-order valence-electron chi connectivity index (χ2n) is 7.21. The van der Waals surface area contributed by atoms with Crippen LogP contribution in [0.15, 0.2) is 6.33 Å². The van der Waals surface area contributed by atoms with Crippen LogP contribution in [0.5, 0.6) is 0 Å². The Morgan fingerprint density at radius 1 is 1.24 bits per heavy atom. The summed E-state index contributed by atoms with van der Waals surface area (Å²) in [6.07, 6.45) is 8.31. The van der Waals surface area contributed by atoms with Crippen molar-refractivity contribution < 1.29 is 4.79 Å². The number of nitrogens with one attached hydrogen (secondary N) is 1. The lowest BCUT2D eigenvalue weighted by Crippen LogP contribution is -2.50. The highest BCUT2D eigenvalue weighted by Crippen LogP contribution is 2.56. The normalized spacial score (nSPS) is 36.9. The zero-order chi connectivity index (χ0) is 14.4. The third kappa shape index (κ3) is 2.27. The Morgan fingerprint density at radius 2 is 1.90 bits per heavy atom. The minimum atomic E-state index is 0.259. The number of carbonyl (C=O) groups excluding carboxylic acids is 1. The maximum Gasteiger partial charge on any atom is 0.224 e. The number of aromatic nitrogens is 3. The molecule has 4 fully saturated rings. The minimum Gasteiger partial charge on any atom is -0.349 e. The van der Waals surface area contributed by atoms with Crippen LogP contribution >= 0.6 is 0 Å². The van der Waals surface area contributed by atoms with Crippen molar-refractivity contribution in [3.05, 3.63) is 12.2 Å². The van der Waals surface area contributed by atoms with Crippen LogP contribution in [-0.4, -0.2) is 20.7 Å². The van der Waals surface area contributed by atoms with Gasteiger partial charge in [0.15, 0.2) is 5.82 Å². The Balaban J connectivity index is 1.41. The van der Waals surface area contributed by atoms with E-state index in [0.29, 0.717) is 18.4 Å². The van der Waals surface area contributed by atoms with Crippen LogP contribution in [0.4, 0.5) is 0 Å². The van der Waals surface area contributed by atoms with E-state index in [0.717, 1.165) is 24.2 Å². The lowest BCUT2D eigenvalue weighted by molar-refractivity contribution is -0.138.